The Balaban J connectivity index is 2.58. The molecule has 4 heteroatoms. The molecule has 0 fully saturated rings. The van der Waals surface area contributed by atoms with Crippen LogP contribution in [-0.2, 0) is 11.3 Å². The minimum absolute atomic E-state index is 0.140. The molecule has 0 aliphatic carbocycles. The van der Waals surface area contributed by atoms with Gasteiger partial charge in [-0.2, -0.15) is 0 Å². The molecule has 0 aliphatic heterocycles. The van der Waals surface area contributed by atoms with E-state index in [1.165, 1.54) is 5.56 Å². The first-order valence-electron chi connectivity index (χ1n) is 7.05. The van der Waals surface area contributed by atoms with Gasteiger partial charge in [0.05, 0.1) is 7.11 Å². The number of hydrogen-bond acceptors (Lipinski definition) is 3. The second-order valence-electron chi connectivity index (χ2n) is 5.42. The average molecular weight is 278 g/mol. The zero-order valence-corrected chi connectivity index (χ0v) is 13.2. The summed E-state index contributed by atoms with van der Waals surface area (Å²) in [4.78, 5) is 13.8. The van der Waals surface area contributed by atoms with Crippen LogP contribution in [0.2, 0.25) is 0 Å². The zero-order chi connectivity index (χ0) is 15.1. The molecular weight excluding hydrogens is 252 g/mol. The van der Waals surface area contributed by atoms with Crippen LogP contribution in [0, 0.1) is 6.92 Å². The Morgan fingerprint density at radius 2 is 2.10 bits per heavy atom. The number of carbonyl (C=O) groups is 1. The largest absolute Gasteiger partial charge is 0.496 e. The van der Waals surface area contributed by atoms with Crippen molar-refractivity contribution in [2.45, 2.75) is 39.8 Å². The quantitative estimate of drug-likeness (QED) is 0.832. The lowest BCUT2D eigenvalue weighted by molar-refractivity contribution is -0.130. The third kappa shape index (κ3) is 5.21. The normalized spacial score (nSPS) is 10.7. The number of methoxy groups -OCH3 is 1. The molecule has 0 atom stereocenters. The molecular formula is C16H26N2O2. The fourth-order valence-corrected chi connectivity index (χ4v) is 2.03. The highest BCUT2D eigenvalue weighted by molar-refractivity contribution is 5.76. The highest BCUT2D eigenvalue weighted by Crippen LogP contribution is 2.21. The average Bonchev–Trinajstić information content (AvgIpc) is 2.38. The molecule has 1 aromatic carbocycles. The first-order chi connectivity index (χ1) is 9.43. The first-order valence-corrected chi connectivity index (χ1v) is 7.05. The second-order valence-corrected chi connectivity index (χ2v) is 5.42. The van der Waals surface area contributed by atoms with Gasteiger partial charge in [-0.05, 0) is 13.0 Å². The van der Waals surface area contributed by atoms with Crippen LogP contribution >= 0.6 is 0 Å². The van der Waals surface area contributed by atoms with Crippen LogP contribution in [0.3, 0.4) is 0 Å². The third-order valence-corrected chi connectivity index (χ3v) is 3.16. The molecule has 0 aliphatic rings. The fraction of sp³-hybridized carbons (Fsp3) is 0.562. The molecule has 0 saturated carbocycles. The summed E-state index contributed by atoms with van der Waals surface area (Å²) in [7, 11) is 3.49. The number of ether oxygens (including phenoxy) is 1. The van der Waals surface area contributed by atoms with E-state index >= 15 is 0 Å². The van der Waals surface area contributed by atoms with E-state index in [-0.39, 0.29) is 5.91 Å². The Morgan fingerprint density at radius 3 is 2.70 bits per heavy atom. The van der Waals surface area contributed by atoms with Crippen molar-refractivity contribution >= 4 is 5.91 Å². The number of benzene rings is 1. The highest BCUT2D eigenvalue weighted by atomic mass is 16.5. The predicted molar refractivity (Wildman–Crippen MR) is 82.0 cm³/mol. The van der Waals surface area contributed by atoms with E-state index in [9.17, 15) is 4.79 Å². The Morgan fingerprint density at radius 1 is 1.40 bits per heavy atom. The van der Waals surface area contributed by atoms with Gasteiger partial charge in [0.25, 0.3) is 0 Å². The molecule has 1 aromatic rings. The van der Waals surface area contributed by atoms with Gasteiger partial charge in [0.15, 0.2) is 0 Å². The molecule has 0 aromatic heterocycles. The Bertz CT molecular complexity index is 444. The van der Waals surface area contributed by atoms with E-state index in [4.69, 9.17) is 4.74 Å². The zero-order valence-electron chi connectivity index (χ0n) is 13.2. The molecule has 1 rings (SSSR count). The summed E-state index contributed by atoms with van der Waals surface area (Å²) < 4.78 is 5.34. The standard InChI is InChI=1S/C16H26N2O2/c1-12(2)17-9-8-16(19)18(4)11-14-10-13(3)6-7-15(14)20-5/h6-7,10,12,17H,8-9,11H2,1-5H3. The maximum absolute atomic E-state index is 12.1. The van der Waals surface area contributed by atoms with Crippen LogP contribution in [0.5, 0.6) is 5.75 Å². The smallest absolute Gasteiger partial charge is 0.223 e. The van der Waals surface area contributed by atoms with Crippen molar-refractivity contribution in [1.82, 2.24) is 10.2 Å². The van der Waals surface area contributed by atoms with Crippen LogP contribution in [0.15, 0.2) is 18.2 Å². The maximum Gasteiger partial charge on any atom is 0.223 e. The molecule has 0 radical (unpaired) electrons. The Labute approximate surface area is 122 Å². The highest BCUT2D eigenvalue weighted by Gasteiger charge is 2.12. The van der Waals surface area contributed by atoms with E-state index < -0.39 is 0 Å². The van der Waals surface area contributed by atoms with Gasteiger partial charge in [-0.1, -0.05) is 31.5 Å². The van der Waals surface area contributed by atoms with Crippen molar-refractivity contribution < 1.29 is 9.53 Å². The summed E-state index contributed by atoms with van der Waals surface area (Å²) in [6.45, 7) is 7.48. The van der Waals surface area contributed by atoms with Crippen molar-refractivity contribution in [3.05, 3.63) is 29.3 Å². The van der Waals surface area contributed by atoms with Crippen LogP contribution in [0.1, 0.15) is 31.4 Å². The number of aryl methyl sites for hydroxylation is 1. The van der Waals surface area contributed by atoms with Crippen LogP contribution in [0.4, 0.5) is 0 Å². The molecule has 112 valence electrons. The van der Waals surface area contributed by atoms with Gasteiger partial charge in [0.2, 0.25) is 5.91 Å². The minimum atomic E-state index is 0.140. The Kier molecular flexibility index (Phi) is 6.52. The van der Waals surface area contributed by atoms with Gasteiger partial charge in [-0.3, -0.25) is 4.79 Å². The van der Waals surface area contributed by atoms with Gasteiger partial charge in [0.1, 0.15) is 5.75 Å². The monoisotopic (exact) mass is 278 g/mol. The molecule has 1 amide bonds. The summed E-state index contributed by atoms with van der Waals surface area (Å²) >= 11 is 0. The maximum atomic E-state index is 12.1. The van der Waals surface area contributed by atoms with Gasteiger partial charge in [-0.25, -0.2) is 0 Å². The van der Waals surface area contributed by atoms with Crippen molar-refractivity contribution in [2.24, 2.45) is 0 Å². The molecule has 0 heterocycles. The van der Waals surface area contributed by atoms with Crippen molar-refractivity contribution in [3.63, 3.8) is 0 Å². The summed E-state index contributed by atoms with van der Waals surface area (Å²) in [6, 6.07) is 6.43. The summed E-state index contributed by atoms with van der Waals surface area (Å²) in [5, 5.41) is 3.25. The topological polar surface area (TPSA) is 41.6 Å². The number of amides is 1. The SMILES string of the molecule is COc1ccc(C)cc1CN(C)C(=O)CCNC(C)C. The molecule has 0 unspecified atom stereocenters. The van der Waals surface area contributed by atoms with Crippen LogP contribution in [0.25, 0.3) is 0 Å². The predicted octanol–water partition coefficient (Wildman–Crippen LogP) is 2.35. The van der Waals surface area contributed by atoms with Gasteiger partial charge in [0, 0.05) is 38.2 Å². The van der Waals surface area contributed by atoms with E-state index in [1.54, 1.807) is 12.0 Å². The van der Waals surface area contributed by atoms with Gasteiger partial charge in [-0.15, -0.1) is 0 Å². The number of nitrogens with one attached hydrogen (secondary N) is 1. The molecule has 0 bridgehead atoms. The van der Waals surface area contributed by atoms with Crippen molar-refractivity contribution in [1.29, 1.82) is 0 Å². The number of rotatable bonds is 7. The summed E-state index contributed by atoms with van der Waals surface area (Å²) in [5.41, 5.74) is 2.21. The molecule has 20 heavy (non-hydrogen) atoms. The van der Waals surface area contributed by atoms with E-state index in [1.807, 2.05) is 26.1 Å². The van der Waals surface area contributed by atoms with Crippen LogP contribution < -0.4 is 10.1 Å². The molecule has 4 nitrogen and oxygen atoms in total. The van der Waals surface area contributed by atoms with E-state index in [0.29, 0.717) is 25.6 Å². The lowest BCUT2D eigenvalue weighted by atomic mass is 10.1. The van der Waals surface area contributed by atoms with Gasteiger partial charge >= 0.3 is 0 Å². The third-order valence-electron chi connectivity index (χ3n) is 3.16. The van der Waals surface area contributed by atoms with Gasteiger partial charge < -0.3 is 15.0 Å². The van der Waals surface area contributed by atoms with Crippen LogP contribution in [-0.4, -0.2) is 37.6 Å². The fourth-order valence-electron chi connectivity index (χ4n) is 2.03. The number of nitrogens with zero attached hydrogens (tertiary/aromatic N) is 1. The molecule has 1 N–H and O–H groups in total. The number of carbonyl (C=O) groups excluding carboxylic acids is 1. The molecule has 0 spiro atoms. The Hall–Kier alpha value is -1.55. The second kappa shape index (κ2) is 7.90. The van der Waals surface area contributed by atoms with Crippen molar-refractivity contribution in [3.8, 4) is 5.75 Å². The van der Waals surface area contributed by atoms with E-state index in [0.717, 1.165) is 11.3 Å². The lowest BCUT2D eigenvalue weighted by Gasteiger charge is -2.19. The van der Waals surface area contributed by atoms with Crippen molar-refractivity contribution in [2.75, 3.05) is 20.7 Å². The lowest BCUT2D eigenvalue weighted by Crippen LogP contribution is -2.31. The molecule has 0 saturated heterocycles. The summed E-state index contributed by atoms with van der Waals surface area (Å²) in [6.07, 6.45) is 0.517. The van der Waals surface area contributed by atoms with E-state index in [2.05, 4.69) is 25.2 Å². The first kappa shape index (κ1) is 16.5. The number of hydrogen-bond donors (Lipinski definition) is 1. The minimum Gasteiger partial charge on any atom is -0.496 e. The summed E-state index contributed by atoms with van der Waals surface area (Å²) in [5.74, 6) is 0.970.